The maximum Gasteiger partial charge on any atom is 0.151 e. The third-order valence-electron chi connectivity index (χ3n) is 1.79. The van der Waals surface area contributed by atoms with Gasteiger partial charge in [-0.25, -0.2) is 0 Å². The van der Waals surface area contributed by atoms with E-state index in [0.717, 1.165) is 11.8 Å². The Morgan fingerprint density at radius 2 is 2.18 bits per heavy atom. The van der Waals surface area contributed by atoms with E-state index in [4.69, 9.17) is 0 Å². The van der Waals surface area contributed by atoms with Crippen LogP contribution in [0, 0.1) is 0 Å². The fourth-order valence-corrected chi connectivity index (χ4v) is 1.25. The smallest absolute Gasteiger partial charge is 0.151 e. The number of hydrogen-bond donors (Lipinski definition) is 0. The molecule has 0 fully saturated rings. The molecule has 2 nitrogen and oxygen atoms in total. The van der Waals surface area contributed by atoms with Gasteiger partial charge in [0.05, 0.1) is 0 Å². The molecule has 0 aliphatic heterocycles. The van der Waals surface area contributed by atoms with Crippen molar-refractivity contribution in [3.63, 3.8) is 0 Å². The third kappa shape index (κ3) is 1.50. The molecule has 1 aromatic heterocycles. The molecule has 2 heteroatoms. The monoisotopic (exact) mass is 151 g/mol. The standard InChI is InChI=1S/C9H13NO/c1-7(2)9-4-8(6-11)5-10(9)3/h4-7H,1-3H3. The molecule has 0 aliphatic rings. The maximum atomic E-state index is 10.4. The minimum Gasteiger partial charge on any atom is -0.353 e. The lowest BCUT2D eigenvalue weighted by Gasteiger charge is -2.04. The summed E-state index contributed by atoms with van der Waals surface area (Å²) < 4.78 is 1.99. The molecule has 0 bridgehead atoms. The Balaban J connectivity index is 3.06. The quantitative estimate of drug-likeness (QED) is 0.592. The summed E-state index contributed by atoms with van der Waals surface area (Å²) in [6.07, 6.45) is 2.73. The maximum absolute atomic E-state index is 10.4. The summed E-state index contributed by atoms with van der Waals surface area (Å²) in [5, 5.41) is 0. The summed E-state index contributed by atoms with van der Waals surface area (Å²) in [7, 11) is 1.96. The van der Waals surface area contributed by atoms with Gasteiger partial charge < -0.3 is 4.57 Å². The van der Waals surface area contributed by atoms with Crippen LogP contribution in [0.15, 0.2) is 12.3 Å². The Hall–Kier alpha value is -1.05. The van der Waals surface area contributed by atoms with Crippen LogP contribution in [-0.4, -0.2) is 10.9 Å². The van der Waals surface area contributed by atoms with Crippen LogP contribution in [-0.2, 0) is 7.05 Å². The summed E-state index contributed by atoms with van der Waals surface area (Å²) in [6.45, 7) is 4.23. The summed E-state index contributed by atoms with van der Waals surface area (Å²) in [4.78, 5) is 10.4. The van der Waals surface area contributed by atoms with Crippen molar-refractivity contribution in [1.82, 2.24) is 4.57 Å². The molecule has 0 N–H and O–H groups in total. The van der Waals surface area contributed by atoms with E-state index < -0.39 is 0 Å². The van der Waals surface area contributed by atoms with Gasteiger partial charge >= 0.3 is 0 Å². The average molecular weight is 151 g/mol. The zero-order valence-corrected chi connectivity index (χ0v) is 7.16. The second kappa shape index (κ2) is 2.91. The highest BCUT2D eigenvalue weighted by molar-refractivity contribution is 5.74. The number of aldehydes is 1. The Kier molecular flexibility index (Phi) is 2.13. The van der Waals surface area contributed by atoms with Crippen molar-refractivity contribution in [2.24, 2.45) is 7.05 Å². The normalized spacial score (nSPS) is 10.5. The molecule has 0 radical (unpaired) electrons. The van der Waals surface area contributed by atoms with Gasteiger partial charge in [-0.15, -0.1) is 0 Å². The minimum atomic E-state index is 0.480. The number of aryl methyl sites for hydroxylation is 1. The van der Waals surface area contributed by atoms with Crippen molar-refractivity contribution in [3.8, 4) is 0 Å². The molecule has 11 heavy (non-hydrogen) atoms. The predicted molar refractivity (Wildman–Crippen MR) is 44.9 cm³/mol. The second-order valence-electron chi connectivity index (χ2n) is 3.08. The van der Waals surface area contributed by atoms with Crippen LogP contribution in [0.1, 0.15) is 35.8 Å². The van der Waals surface area contributed by atoms with E-state index >= 15 is 0 Å². The van der Waals surface area contributed by atoms with Gasteiger partial charge in [0.15, 0.2) is 6.29 Å². The zero-order valence-electron chi connectivity index (χ0n) is 7.16. The molecule has 0 aromatic carbocycles. The lowest BCUT2D eigenvalue weighted by atomic mass is 10.1. The Morgan fingerprint density at radius 3 is 2.45 bits per heavy atom. The van der Waals surface area contributed by atoms with Crippen LogP contribution in [0.5, 0.6) is 0 Å². The van der Waals surface area contributed by atoms with E-state index in [2.05, 4.69) is 13.8 Å². The first-order chi connectivity index (χ1) is 5.15. The van der Waals surface area contributed by atoms with Crippen molar-refractivity contribution in [2.75, 3.05) is 0 Å². The van der Waals surface area contributed by atoms with Crippen molar-refractivity contribution in [1.29, 1.82) is 0 Å². The van der Waals surface area contributed by atoms with Gasteiger partial charge in [0.2, 0.25) is 0 Å². The molecule has 0 saturated heterocycles. The SMILES string of the molecule is CC(C)c1cc(C=O)cn1C. The number of hydrogen-bond acceptors (Lipinski definition) is 1. The van der Waals surface area contributed by atoms with E-state index in [1.54, 1.807) is 0 Å². The lowest BCUT2D eigenvalue weighted by Crippen LogP contribution is -1.95. The summed E-state index contributed by atoms with van der Waals surface area (Å²) in [6, 6.07) is 1.93. The lowest BCUT2D eigenvalue weighted by molar-refractivity contribution is 0.112. The Labute approximate surface area is 66.8 Å². The Morgan fingerprint density at radius 1 is 1.55 bits per heavy atom. The first-order valence-corrected chi connectivity index (χ1v) is 3.76. The molecule has 60 valence electrons. The fraction of sp³-hybridized carbons (Fsp3) is 0.444. The van der Waals surface area contributed by atoms with Crippen molar-refractivity contribution in [3.05, 3.63) is 23.5 Å². The topological polar surface area (TPSA) is 22.0 Å². The van der Waals surface area contributed by atoms with E-state index in [9.17, 15) is 4.79 Å². The average Bonchev–Trinajstić information content (AvgIpc) is 2.30. The van der Waals surface area contributed by atoms with Gasteiger partial charge in [-0.3, -0.25) is 4.79 Å². The molecule has 0 atom stereocenters. The van der Waals surface area contributed by atoms with Gasteiger partial charge in [0.25, 0.3) is 0 Å². The fourth-order valence-electron chi connectivity index (χ4n) is 1.25. The molecule has 0 spiro atoms. The first kappa shape index (κ1) is 8.05. The summed E-state index contributed by atoms with van der Waals surface area (Å²) in [5.74, 6) is 0.480. The largest absolute Gasteiger partial charge is 0.353 e. The van der Waals surface area contributed by atoms with Gasteiger partial charge in [0.1, 0.15) is 0 Å². The predicted octanol–water partition coefficient (Wildman–Crippen LogP) is 1.96. The number of carbonyl (C=O) groups is 1. The summed E-state index contributed by atoms with van der Waals surface area (Å²) >= 11 is 0. The van der Waals surface area contributed by atoms with Gasteiger partial charge in [-0.2, -0.15) is 0 Å². The Bertz CT molecular complexity index is 261. The minimum absolute atomic E-state index is 0.480. The molecular formula is C9H13NO. The molecule has 0 amide bonds. The van der Waals surface area contributed by atoms with Crippen LogP contribution in [0.4, 0.5) is 0 Å². The first-order valence-electron chi connectivity index (χ1n) is 3.76. The van der Waals surface area contributed by atoms with Crippen molar-refractivity contribution in [2.45, 2.75) is 19.8 Å². The highest BCUT2D eigenvalue weighted by Gasteiger charge is 2.04. The molecule has 1 aromatic rings. The zero-order chi connectivity index (χ0) is 8.43. The second-order valence-corrected chi connectivity index (χ2v) is 3.08. The van der Waals surface area contributed by atoms with E-state index in [1.807, 2.05) is 23.9 Å². The van der Waals surface area contributed by atoms with E-state index in [0.29, 0.717) is 5.92 Å². The van der Waals surface area contributed by atoms with E-state index in [-0.39, 0.29) is 0 Å². The molecular weight excluding hydrogens is 138 g/mol. The van der Waals surface area contributed by atoms with E-state index in [1.165, 1.54) is 5.69 Å². The van der Waals surface area contributed by atoms with Gasteiger partial charge in [0, 0.05) is 24.5 Å². The summed E-state index contributed by atoms with van der Waals surface area (Å²) in [5.41, 5.74) is 1.96. The van der Waals surface area contributed by atoms with Crippen LogP contribution >= 0.6 is 0 Å². The number of aromatic nitrogens is 1. The van der Waals surface area contributed by atoms with Gasteiger partial charge in [-0.05, 0) is 12.0 Å². The number of rotatable bonds is 2. The third-order valence-corrected chi connectivity index (χ3v) is 1.79. The molecule has 0 aliphatic carbocycles. The number of nitrogens with zero attached hydrogens (tertiary/aromatic N) is 1. The van der Waals surface area contributed by atoms with Crippen LogP contribution < -0.4 is 0 Å². The van der Waals surface area contributed by atoms with Gasteiger partial charge in [-0.1, -0.05) is 13.8 Å². The highest BCUT2D eigenvalue weighted by atomic mass is 16.1. The highest BCUT2D eigenvalue weighted by Crippen LogP contribution is 2.15. The van der Waals surface area contributed by atoms with Crippen LogP contribution in [0.25, 0.3) is 0 Å². The van der Waals surface area contributed by atoms with Crippen molar-refractivity contribution >= 4 is 6.29 Å². The van der Waals surface area contributed by atoms with Crippen molar-refractivity contribution < 1.29 is 4.79 Å². The van der Waals surface area contributed by atoms with Crippen LogP contribution in [0.2, 0.25) is 0 Å². The van der Waals surface area contributed by atoms with Crippen LogP contribution in [0.3, 0.4) is 0 Å². The molecule has 0 saturated carbocycles. The molecule has 1 heterocycles. The number of carbonyl (C=O) groups excluding carboxylic acids is 1. The molecule has 0 unspecified atom stereocenters. The molecule has 1 rings (SSSR count).